The molecule has 0 unspecified atom stereocenters. The third kappa shape index (κ3) is 6.12. The van der Waals surface area contributed by atoms with Crippen LogP contribution in [0, 0.1) is 18.3 Å². The van der Waals surface area contributed by atoms with Crippen LogP contribution in [0.5, 0.6) is 0 Å². The van der Waals surface area contributed by atoms with Crippen molar-refractivity contribution >= 4 is 43.5 Å². The molecule has 0 aliphatic heterocycles. The Morgan fingerprint density at radius 1 is 1.14 bits per heavy atom. The second kappa shape index (κ2) is 9.65. The van der Waals surface area contributed by atoms with Gasteiger partial charge in [0.1, 0.15) is 0 Å². The topological polar surface area (TPSA) is 119 Å². The first-order valence-corrected chi connectivity index (χ1v) is 10.7. The summed E-state index contributed by atoms with van der Waals surface area (Å²) in [4.78, 5) is 24.0. The first kappa shape index (κ1) is 22.5. The number of amides is 2. The Bertz CT molecular complexity index is 1060. The quantitative estimate of drug-likeness (QED) is 0.630. The van der Waals surface area contributed by atoms with Crippen molar-refractivity contribution in [2.75, 3.05) is 25.5 Å². The first-order valence-electron chi connectivity index (χ1n) is 8.42. The zero-order chi connectivity index (χ0) is 21.6. The van der Waals surface area contributed by atoms with Gasteiger partial charge in [0, 0.05) is 17.2 Å². The van der Waals surface area contributed by atoms with Crippen molar-refractivity contribution in [2.24, 2.45) is 0 Å². The number of hydrogen-bond donors (Lipinski definition) is 2. The van der Waals surface area contributed by atoms with E-state index >= 15 is 0 Å². The number of rotatable bonds is 7. The minimum atomic E-state index is -3.90. The third-order valence-corrected chi connectivity index (χ3v) is 6.65. The summed E-state index contributed by atoms with van der Waals surface area (Å²) in [5.41, 5.74) is 1.86. The number of anilines is 1. The van der Waals surface area contributed by atoms with Crippen molar-refractivity contribution in [1.29, 1.82) is 5.26 Å². The molecule has 0 aliphatic rings. The van der Waals surface area contributed by atoms with E-state index in [0.29, 0.717) is 11.3 Å². The minimum Gasteiger partial charge on any atom is -0.346 e. The molecule has 2 amide bonds. The molecule has 2 aromatic carbocycles. The molecule has 0 spiro atoms. The fraction of sp³-hybridized carbons (Fsp3) is 0.211. The summed E-state index contributed by atoms with van der Waals surface area (Å²) in [6.07, 6.45) is 0. The van der Waals surface area contributed by atoms with E-state index in [1.165, 1.54) is 31.3 Å². The Balaban J connectivity index is 1.89. The molecule has 0 saturated heterocycles. The summed E-state index contributed by atoms with van der Waals surface area (Å²) in [6.45, 7) is 1.14. The number of nitrogens with zero attached hydrogens (tertiary/aromatic N) is 2. The maximum atomic E-state index is 12.5. The number of likely N-dealkylation sites (N-methyl/N-ethyl adjacent to an activating group) is 1. The molecule has 2 aromatic rings. The molecular formula is C19H19BrN4O4S. The van der Waals surface area contributed by atoms with Crippen LogP contribution in [0.3, 0.4) is 0 Å². The molecular weight excluding hydrogens is 460 g/mol. The van der Waals surface area contributed by atoms with Gasteiger partial charge in [0.2, 0.25) is 21.8 Å². The van der Waals surface area contributed by atoms with E-state index in [2.05, 4.69) is 26.6 Å². The van der Waals surface area contributed by atoms with E-state index in [0.717, 1.165) is 14.3 Å². The molecule has 2 N–H and O–H groups in total. The number of aryl methyl sites for hydroxylation is 1. The molecule has 0 aliphatic carbocycles. The highest BCUT2D eigenvalue weighted by Gasteiger charge is 2.23. The van der Waals surface area contributed by atoms with Crippen LogP contribution in [0.1, 0.15) is 11.1 Å². The second-order valence-electron chi connectivity index (χ2n) is 6.19. The number of nitriles is 1. The Kier molecular flexibility index (Phi) is 7.50. The maximum absolute atomic E-state index is 12.5. The number of halogens is 1. The predicted molar refractivity (Wildman–Crippen MR) is 111 cm³/mol. The van der Waals surface area contributed by atoms with Gasteiger partial charge in [-0.05, 0) is 55.0 Å². The highest BCUT2D eigenvalue weighted by Crippen LogP contribution is 2.19. The Hall–Kier alpha value is -2.74. The van der Waals surface area contributed by atoms with Gasteiger partial charge in [0.05, 0.1) is 29.6 Å². The van der Waals surface area contributed by atoms with Gasteiger partial charge in [-0.2, -0.15) is 9.57 Å². The Morgan fingerprint density at radius 3 is 2.38 bits per heavy atom. The number of sulfonamides is 1. The van der Waals surface area contributed by atoms with Gasteiger partial charge in [0.15, 0.2) is 0 Å². The highest BCUT2D eigenvalue weighted by molar-refractivity contribution is 9.10. The average molecular weight is 479 g/mol. The van der Waals surface area contributed by atoms with Crippen LogP contribution in [-0.2, 0) is 19.6 Å². The smallest absolute Gasteiger partial charge is 0.243 e. The van der Waals surface area contributed by atoms with E-state index in [9.17, 15) is 18.0 Å². The van der Waals surface area contributed by atoms with Crippen molar-refractivity contribution in [3.8, 4) is 6.07 Å². The summed E-state index contributed by atoms with van der Waals surface area (Å²) in [5, 5.41) is 13.8. The van der Waals surface area contributed by atoms with E-state index in [1.807, 2.05) is 13.0 Å². The lowest BCUT2D eigenvalue weighted by molar-refractivity contribution is -0.124. The lowest BCUT2D eigenvalue weighted by Crippen LogP contribution is -2.41. The summed E-state index contributed by atoms with van der Waals surface area (Å²) < 4.78 is 26.8. The third-order valence-electron chi connectivity index (χ3n) is 3.95. The van der Waals surface area contributed by atoms with Crippen LogP contribution >= 0.6 is 15.9 Å². The second-order valence-corrected chi connectivity index (χ2v) is 9.09. The van der Waals surface area contributed by atoms with Gasteiger partial charge in [-0.1, -0.05) is 15.9 Å². The predicted octanol–water partition coefficient (Wildman–Crippen LogP) is 2.00. The van der Waals surface area contributed by atoms with Gasteiger partial charge < -0.3 is 10.6 Å². The molecule has 8 nitrogen and oxygen atoms in total. The summed E-state index contributed by atoms with van der Waals surface area (Å²) in [5.74, 6) is -1.05. The largest absolute Gasteiger partial charge is 0.346 e. The van der Waals surface area contributed by atoms with Gasteiger partial charge in [-0.25, -0.2) is 8.42 Å². The number of hydrogen-bond acceptors (Lipinski definition) is 5. The van der Waals surface area contributed by atoms with Crippen molar-refractivity contribution in [3.05, 3.63) is 58.1 Å². The van der Waals surface area contributed by atoms with E-state index in [1.54, 1.807) is 18.2 Å². The molecule has 10 heteroatoms. The van der Waals surface area contributed by atoms with Crippen LogP contribution in [0.15, 0.2) is 51.8 Å². The molecule has 0 heterocycles. The van der Waals surface area contributed by atoms with Crippen molar-refractivity contribution in [1.82, 2.24) is 9.62 Å². The van der Waals surface area contributed by atoms with Crippen LogP contribution in [0.25, 0.3) is 0 Å². The number of carbonyl (C=O) groups is 2. The van der Waals surface area contributed by atoms with Crippen molar-refractivity contribution in [3.63, 3.8) is 0 Å². The van der Waals surface area contributed by atoms with E-state index in [-0.39, 0.29) is 11.4 Å². The van der Waals surface area contributed by atoms with E-state index in [4.69, 9.17) is 5.26 Å². The maximum Gasteiger partial charge on any atom is 0.243 e. The van der Waals surface area contributed by atoms with Gasteiger partial charge in [-0.15, -0.1) is 0 Å². The number of carbonyl (C=O) groups excluding carboxylic acids is 2. The van der Waals surface area contributed by atoms with Crippen LogP contribution in [-0.4, -0.2) is 44.7 Å². The number of benzene rings is 2. The summed E-state index contributed by atoms with van der Waals surface area (Å²) >= 11 is 3.37. The van der Waals surface area contributed by atoms with Gasteiger partial charge in [0.25, 0.3) is 0 Å². The van der Waals surface area contributed by atoms with Crippen LogP contribution in [0.4, 0.5) is 5.69 Å². The summed E-state index contributed by atoms with van der Waals surface area (Å²) in [6, 6.07) is 12.6. The lowest BCUT2D eigenvalue weighted by atomic mass is 10.2. The monoisotopic (exact) mass is 478 g/mol. The zero-order valence-electron chi connectivity index (χ0n) is 15.8. The van der Waals surface area contributed by atoms with Crippen LogP contribution < -0.4 is 10.6 Å². The number of nitrogens with one attached hydrogen (secondary N) is 2. The molecule has 2 rings (SSSR count). The Morgan fingerprint density at radius 2 is 1.79 bits per heavy atom. The molecule has 0 atom stereocenters. The van der Waals surface area contributed by atoms with E-state index < -0.39 is 28.4 Å². The SMILES string of the molecule is Cc1cc(NC(=O)CNC(=O)CN(C)S(=O)(=O)c2ccc(C#N)cc2)ccc1Br. The first-order chi connectivity index (χ1) is 13.6. The molecule has 0 fully saturated rings. The van der Waals surface area contributed by atoms with Crippen molar-refractivity contribution < 1.29 is 18.0 Å². The molecule has 0 aromatic heterocycles. The highest BCUT2D eigenvalue weighted by atomic mass is 79.9. The molecule has 29 heavy (non-hydrogen) atoms. The van der Waals surface area contributed by atoms with Crippen molar-refractivity contribution in [2.45, 2.75) is 11.8 Å². The molecule has 0 saturated carbocycles. The fourth-order valence-electron chi connectivity index (χ4n) is 2.33. The van der Waals surface area contributed by atoms with Gasteiger partial charge >= 0.3 is 0 Å². The minimum absolute atomic E-state index is 0.0323. The summed E-state index contributed by atoms with van der Waals surface area (Å²) in [7, 11) is -2.64. The van der Waals surface area contributed by atoms with Crippen LogP contribution in [0.2, 0.25) is 0 Å². The molecule has 152 valence electrons. The molecule has 0 bridgehead atoms. The normalized spacial score (nSPS) is 11.0. The zero-order valence-corrected chi connectivity index (χ0v) is 18.2. The standard InChI is InChI=1S/C19H19BrN4O4S/c1-13-9-15(5-8-17(13)20)23-18(25)11-22-19(26)12-24(2)29(27,28)16-6-3-14(10-21)4-7-16/h3-9H,11-12H2,1-2H3,(H,22,26)(H,23,25). The lowest BCUT2D eigenvalue weighted by Gasteiger charge is -2.17. The molecule has 0 radical (unpaired) electrons. The van der Waals surface area contributed by atoms with Gasteiger partial charge in [-0.3, -0.25) is 9.59 Å². The fourth-order valence-corrected chi connectivity index (χ4v) is 3.70. The average Bonchev–Trinajstić information content (AvgIpc) is 2.69. The Labute approximate surface area is 177 Å².